The number of benzene rings is 3. The van der Waals surface area contributed by atoms with Gasteiger partial charge in [0.05, 0.1) is 6.10 Å². The summed E-state index contributed by atoms with van der Waals surface area (Å²) in [4.78, 5) is 40.4. The molecule has 39 heavy (non-hydrogen) atoms. The number of carbonyl (C=O) groups excluding carboxylic acids is 3. The first-order valence-corrected chi connectivity index (χ1v) is 13.2. The number of hydrogen-bond acceptors (Lipinski definition) is 6. The molecule has 1 aliphatic carbocycles. The number of hydrogen-bond donors (Lipinski definition) is 2. The third kappa shape index (κ3) is 5.66. The molecular formula is C31H32N2O6. The molecule has 3 atom stereocenters. The summed E-state index contributed by atoms with van der Waals surface area (Å²) in [5, 5.41) is 12.8. The molecule has 1 aliphatic heterocycles. The number of ether oxygens (including phenoxy) is 2. The summed E-state index contributed by atoms with van der Waals surface area (Å²) in [7, 11) is 0. The van der Waals surface area contributed by atoms with E-state index < -0.39 is 36.2 Å². The normalized spacial score (nSPS) is 17.6. The number of esters is 1. The molecule has 1 saturated heterocycles. The molecule has 8 nitrogen and oxygen atoms in total. The predicted octanol–water partition coefficient (Wildman–Crippen LogP) is 4.01. The van der Waals surface area contributed by atoms with Gasteiger partial charge in [0, 0.05) is 12.5 Å². The monoisotopic (exact) mass is 528 g/mol. The first-order valence-electron chi connectivity index (χ1n) is 13.2. The van der Waals surface area contributed by atoms with Crippen LogP contribution < -0.4 is 5.32 Å². The molecular weight excluding hydrogens is 496 g/mol. The summed E-state index contributed by atoms with van der Waals surface area (Å²) in [6.45, 7) is 1.95. The van der Waals surface area contributed by atoms with Crippen molar-refractivity contribution in [3.05, 3.63) is 95.6 Å². The highest BCUT2D eigenvalue weighted by Gasteiger charge is 2.39. The molecule has 3 aromatic rings. The molecule has 0 bridgehead atoms. The summed E-state index contributed by atoms with van der Waals surface area (Å²) < 4.78 is 11.1. The number of rotatable bonds is 8. The van der Waals surface area contributed by atoms with Crippen LogP contribution in [0.1, 0.15) is 42.4 Å². The second-order valence-electron chi connectivity index (χ2n) is 9.98. The number of nitrogens with one attached hydrogen (secondary N) is 1. The molecule has 1 fully saturated rings. The maximum atomic E-state index is 13.2. The van der Waals surface area contributed by atoms with Crippen LogP contribution in [0, 0.1) is 0 Å². The smallest absolute Gasteiger partial charge is 0.410 e. The lowest BCUT2D eigenvalue weighted by Crippen LogP contribution is -2.54. The minimum Gasteiger partial charge on any atom is -0.459 e. The van der Waals surface area contributed by atoms with Gasteiger partial charge in [0.1, 0.15) is 19.3 Å². The van der Waals surface area contributed by atoms with Crippen molar-refractivity contribution in [2.24, 2.45) is 0 Å². The Bertz CT molecular complexity index is 1300. The lowest BCUT2D eigenvalue weighted by molar-refractivity contribution is -0.152. The maximum Gasteiger partial charge on any atom is 0.410 e. The molecule has 0 unspecified atom stereocenters. The van der Waals surface area contributed by atoms with E-state index in [4.69, 9.17) is 9.47 Å². The van der Waals surface area contributed by atoms with Crippen molar-refractivity contribution in [1.82, 2.24) is 10.2 Å². The van der Waals surface area contributed by atoms with Crippen molar-refractivity contribution in [2.45, 2.75) is 50.5 Å². The van der Waals surface area contributed by atoms with E-state index in [-0.39, 0.29) is 19.1 Å². The average Bonchev–Trinajstić information content (AvgIpc) is 3.57. The van der Waals surface area contributed by atoms with E-state index >= 15 is 0 Å². The molecule has 2 amide bonds. The Morgan fingerprint density at radius 3 is 2.18 bits per heavy atom. The zero-order chi connectivity index (χ0) is 27.4. The van der Waals surface area contributed by atoms with E-state index in [1.54, 1.807) is 0 Å². The van der Waals surface area contributed by atoms with Gasteiger partial charge in [0.2, 0.25) is 5.91 Å². The SMILES string of the molecule is C[C@@H](O)[C@H](NC(=O)[C@@H]1CCCN1C(=O)OCC1c2ccccc2-c2ccccc21)C(=O)OCc1ccccc1. The van der Waals surface area contributed by atoms with Gasteiger partial charge in [-0.1, -0.05) is 78.9 Å². The van der Waals surface area contributed by atoms with Gasteiger partial charge in [-0.15, -0.1) is 0 Å². The lowest BCUT2D eigenvalue weighted by Gasteiger charge is -2.27. The van der Waals surface area contributed by atoms with Crippen LogP contribution in [0.4, 0.5) is 4.79 Å². The summed E-state index contributed by atoms with van der Waals surface area (Å²) in [5.74, 6) is -1.35. The Hall–Kier alpha value is -4.17. The molecule has 0 radical (unpaired) electrons. The van der Waals surface area contributed by atoms with Crippen LogP contribution in [0.15, 0.2) is 78.9 Å². The third-order valence-corrected chi connectivity index (χ3v) is 7.38. The van der Waals surface area contributed by atoms with Gasteiger partial charge in [-0.05, 0) is 47.6 Å². The van der Waals surface area contributed by atoms with Gasteiger partial charge in [0.25, 0.3) is 0 Å². The number of fused-ring (bicyclic) bond motifs is 3. The van der Waals surface area contributed by atoms with E-state index in [1.165, 1.54) is 11.8 Å². The third-order valence-electron chi connectivity index (χ3n) is 7.38. The van der Waals surface area contributed by atoms with Crippen LogP contribution in [0.25, 0.3) is 11.1 Å². The standard InChI is InChI=1S/C31H32N2O6/c1-20(34)28(30(36)38-18-21-10-3-2-4-11-21)32-29(35)27-16-9-17-33(27)31(37)39-19-26-24-14-7-5-12-22(24)23-13-6-8-15-25(23)26/h2-8,10-15,20,26-28,34H,9,16-19H2,1H3,(H,32,35)/t20-,27+,28+/m1/s1. The van der Waals surface area contributed by atoms with Crippen molar-refractivity contribution < 1.29 is 29.0 Å². The van der Waals surface area contributed by atoms with Crippen LogP contribution in [0.3, 0.4) is 0 Å². The number of aliphatic hydroxyl groups excluding tert-OH is 1. The van der Waals surface area contributed by atoms with E-state index in [2.05, 4.69) is 17.4 Å². The fourth-order valence-corrected chi connectivity index (χ4v) is 5.38. The van der Waals surface area contributed by atoms with Crippen LogP contribution in [0.5, 0.6) is 0 Å². The summed E-state index contributed by atoms with van der Waals surface area (Å²) >= 11 is 0. The minimum atomic E-state index is -1.26. The summed E-state index contributed by atoms with van der Waals surface area (Å²) in [6.07, 6.45) is -0.696. The lowest BCUT2D eigenvalue weighted by atomic mass is 9.98. The van der Waals surface area contributed by atoms with Gasteiger partial charge >= 0.3 is 12.1 Å². The Morgan fingerprint density at radius 1 is 0.923 bits per heavy atom. The van der Waals surface area contributed by atoms with Crippen LogP contribution in [-0.4, -0.2) is 59.3 Å². The number of likely N-dealkylation sites (tertiary alicyclic amines) is 1. The zero-order valence-corrected chi connectivity index (χ0v) is 21.8. The molecule has 2 N–H and O–H groups in total. The highest BCUT2D eigenvalue weighted by Crippen LogP contribution is 2.44. The molecule has 0 saturated carbocycles. The number of aliphatic hydroxyl groups is 1. The van der Waals surface area contributed by atoms with E-state index in [1.807, 2.05) is 66.7 Å². The van der Waals surface area contributed by atoms with Crippen molar-refractivity contribution in [3.63, 3.8) is 0 Å². The predicted molar refractivity (Wildman–Crippen MR) is 145 cm³/mol. The summed E-state index contributed by atoms with van der Waals surface area (Å²) in [6, 6.07) is 23.3. The van der Waals surface area contributed by atoms with E-state index in [0.717, 1.165) is 27.8 Å². The zero-order valence-electron chi connectivity index (χ0n) is 21.8. The van der Waals surface area contributed by atoms with E-state index in [0.29, 0.717) is 19.4 Å². The molecule has 0 spiro atoms. The number of nitrogens with zero attached hydrogens (tertiary/aromatic N) is 1. The second-order valence-corrected chi connectivity index (χ2v) is 9.98. The van der Waals surface area contributed by atoms with Crippen molar-refractivity contribution >= 4 is 18.0 Å². The maximum absolute atomic E-state index is 13.2. The molecule has 0 aromatic heterocycles. The molecule has 3 aromatic carbocycles. The molecule has 1 heterocycles. The van der Waals surface area contributed by atoms with Crippen molar-refractivity contribution in [3.8, 4) is 11.1 Å². The van der Waals surface area contributed by atoms with Crippen LogP contribution in [-0.2, 0) is 25.7 Å². The first kappa shape index (κ1) is 26.4. The first-order chi connectivity index (χ1) is 18.9. The fraction of sp³-hybridized carbons (Fsp3) is 0.323. The van der Waals surface area contributed by atoms with Crippen LogP contribution >= 0.6 is 0 Å². The second kappa shape index (κ2) is 11.7. The Kier molecular flexibility index (Phi) is 7.93. The molecule has 202 valence electrons. The Morgan fingerprint density at radius 2 is 1.54 bits per heavy atom. The minimum absolute atomic E-state index is 0.0219. The van der Waals surface area contributed by atoms with Crippen molar-refractivity contribution in [2.75, 3.05) is 13.2 Å². The number of carbonyl (C=O) groups is 3. The molecule has 2 aliphatic rings. The van der Waals surface area contributed by atoms with Gasteiger partial charge in [0.15, 0.2) is 6.04 Å². The van der Waals surface area contributed by atoms with E-state index in [9.17, 15) is 19.5 Å². The van der Waals surface area contributed by atoms with Gasteiger partial charge in [-0.25, -0.2) is 9.59 Å². The fourth-order valence-electron chi connectivity index (χ4n) is 5.38. The number of amides is 2. The van der Waals surface area contributed by atoms with Gasteiger partial charge in [-0.3, -0.25) is 9.69 Å². The highest BCUT2D eigenvalue weighted by molar-refractivity contribution is 5.90. The topological polar surface area (TPSA) is 105 Å². The quantitative estimate of drug-likeness (QED) is 0.428. The summed E-state index contributed by atoms with van der Waals surface area (Å²) in [5.41, 5.74) is 5.28. The van der Waals surface area contributed by atoms with Gasteiger partial charge in [-0.2, -0.15) is 0 Å². The molecule has 8 heteroatoms. The molecule has 5 rings (SSSR count). The Labute approximate surface area is 227 Å². The van der Waals surface area contributed by atoms with Crippen LogP contribution in [0.2, 0.25) is 0 Å². The Balaban J connectivity index is 1.20. The largest absolute Gasteiger partial charge is 0.459 e. The highest BCUT2D eigenvalue weighted by atomic mass is 16.6. The average molecular weight is 529 g/mol. The van der Waals surface area contributed by atoms with Gasteiger partial charge < -0.3 is 19.9 Å². The van der Waals surface area contributed by atoms with Crippen molar-refractivity contribution in [1.29, 1.82) is 0 Å².